The number of aromatic hydroxyl groups is 1. The Morgan fingerprint density at radius 3 is 2.52 bits per heavy atom. The first-order chi connectivity index (χ1) is 14.0. The summed E-state index contributed by atoms with van der Waals surface area (Å²) >= 11 is 13.2. The van der Waals surface area contributed by atoms with Crippen molar-refractivity contribution in [2.24, 2.45) is 5.10 Å². The van der Waals surface area contributed by atoms with Crippen molar-refractivity contribution in [1.82, 2.24) is 5.01 Å². The van der Waals surface area contributed by atoms with Crippen LogP contribution in [-0.4, -0.2) is 15.8 Å². The van der Waals surface area contributed by atoms with Crippen molar-refractivity contribution >= 4 is 49.2 Å². The number of hydrogen-bond acceptors (Lipinski definition) is 4. The minimum Gasteiger partial charge on any atom is -0.507 e. The lowest BCUT2D eigenvalue weighted by atomic mass is 9.96. The Labute approximate surface area is 190 Å². The molecule has 2 aliphatic heterocycles. The van der Waals surface area contributed by atoms with Crippen molar-refractivity contribution in [3.63, 3.8) is 0 Å². The molecule has 0 saturated carbocycles. The smallest absolute Gasteiger partial charge is 0.217 e. The molecule has 0 aliphatic carbocycles. The van der Waals surface area contributed by atoms with Crippen LogP contribution in [-0.2, 0) is 0 Å². The maximum absolute atomic E-state index is 10.5. The molecule has 2 atom stereocenters. The Morgan fingerprint density at radius 1 is 0.966 bits per heavy atom. The Hall–Kier alpha value is -2.02. The first kappa shape index (κ1) is 19.0. The third-order valence-electron chi connectivity index (χ3n) is 5.18. The van der Waals surface area contributed by atoms with E-state index in [0.29, 0.717) is 10.6 Å². The molecule has 0 saturated heterocycles. The highest BCUT2D eigenvalue weighted by atomic mass is 79.9. The highest BCUT2D eigenvalue weighted by Crippen LogP contribution is 2.49. The number of halogens is 3. The van der Waals surface area contributed by atoms with Crippen LogP contribution in [0.1, 0.15) is 35.4 Å². The van der Waals surface area contributed by atoms with Gasteiger partial charge in [-0.3, -0.25) is 0 Å². The van der Waals surface area contributed by atoms with E-state index in [1.807, 2.05) is 53.5 Å². The van der Waals surface area contributed by atoms with E-state index >= 15 is 0 Å². The fourth-order valence-corrected chi connectivity index (χ4v) is 4.63. The zero-order chi connectivity index (χ0) is 20.1. The highest BCUT2D eigenvalue weighted by molar-refractivity contribution is 9.10. The summed E-state index contributed by atoms with van der Waals surface area (Å²) in [5, 5.41) is 18.0. The molecule has 2 heterocycles. The summed E-state index contributed by atoms with van der Waals surface area (Å²) in [6, 6.07) is 19.0. The van der Waals surface area contributed by atoms with Crippen LogP contribution in [0.3, 0.4) is 0 Å². The van der Waals surface area contributed by atoms with Crippen molar-refractivity contribution in [3.8, 4) is 11.5 Å². The molecule has 0 fully saturated rings. The standard InChI is InChI=1S/C22H15Br2ClN2O2/c23-13-3-1-12(2-4-13)18-11-19-16-10-15(25)6-8-21(16)29-22(27(19)26-18)17-9-14(24)5-7-20(17)28/h1-10,19,22,28H,11H2. The van der Waals surface area contributed by atoms with Gasteiger partial charge in [0.15, 0.2) is 0 Å². The monoisotopic (exact) mass is 532 g/mol. The molecule has 0 spiro atoms. The minimum atomic E-state index is -0.542. The van der Waals surface area contributed by atoms with Gasteiger partial charge in [0.2, 0.25) is 6.23 Å². The summed E-state index contributed by atoms with van der Waals surface area (Å²) in [5.74, 6) is 0.925. The van der Waals surface area contributed by atoms with Crippen LogP contribution >= 0.6 is 43.5 Å². The predicted molar refractivity (Wildman–Crippen MR) is 121 cm³/mol. The number of fused-ring (bicyclic) bond motifs is 3. The van der Waals surface area contributed by atoms with Gasteiger partial charge in [0.1, 0.15) is 11.5 Å². The maximum Gasteiger partial charge on any atom is 0.217 e. The number of phenols is 1. The topological polar surface area (TPSA) is 45.1 Å². The number of benzene rings is 3. The molecule has 146 valence electrons. The Morgan fingerprint density at radius 2 is 1.72 bits per heavy atom. The van der Waals surface area contributed by atoms with Crippen molar-refractivity contribution < 1.29 is 9.84 Å². The molecule has 3 aromatic carbocycles. The molecule has 29 heavy (non-hydrogen) atoms. The zero-order valence-electron chi connectivity index (χ0n) is 15.0. The molecule has 1 N–H and O–H groups in total. The zero-order valence-corrected chi connectivity index (χ0v) is 18.9. The van der Waals surface area contributed by atoms with Crippen LogP contribution in [0.25, 0.3) is 0 Å². The molecule has 3 aromatic rings. The maximum atomic E-state index is 10.5. The normalized spacial score (nSPS) is 20.0. The Balaban J connectivity index is 1.63. The van der Waals surface area contributed by atoms with Gasteiger partial charge in [-0.25, -0.2) is 5.01 Å². The van der Waals surface area contributed by atoms with Gasteiger partial charge in [0.05, 0.1) is 17.3 Å². The molecule has 4 nitrogen and oxygen atoms in total. The molecule has 0 bridgehead atoms. The van der Waals surface area contributed by atoms with Gasteiger partial charge in [0.25, 0.3) is 0 Å². The summed E-state index contributed by atoms with van der Waals surface area (Å²) in [5.41, 5.74) is 3.69. The quantitative estimate of drug-likeness (QED) is 0.393. The van der Waals surface area contributed by atoms with Crippen LogP contribution in [0.4, 0.5) is 0 Å². The fraction of sp³-hybridized carbons (Fsp3) is 0.136. The Bertz CT molecular complexity index is 1130. The number of hydrogen-bond donors (Lipinski definition) is 1. The second-order valence-corrected chi connectivity index (χ2v) is 9.28. The average Bonchev–Trinajstić information content (AvgIpc) is 3.16. The van der Waals surface area contributed by atoms with Gasteiger partial charge in [-0.05, 0) is 54.1 Å². The number of ether oxygens (including phenoxy) is 1. The van der Waals surface area contributed by atoms with Crippen molar-refractivity contribution in [3.05, 3.63) is 91.3 Å². The fourth-order valence-electron chi connectivity index (χ4n) is 3.80. The summed E-state index contributed by atoms with van der Waals surface area (Å²) in [6.07, 6.45) is 0.183. The van der Waals surface area contributed by atoms with Crippen LogP contribution in [0.15, 0.2) is 74.7 Å². The van der Waals surface area contributed by atoms with E-state index in [0.717, 1.165) is 38.0 Å². The molecular formula is C22H15Br2ClN2O2. The van der Waals surface area contributed by atoms with Crippen molar-refractivity contribution in [2.75, 3.05) is 0 Å². The van der Waals surface area contributed by atoms with E-state index in [2.05, 4.69) is 31.9 Å². The molecule has 7 heteroatoms. The minimum absolute atomic E-state index is 0.0283. The van der Waals surface area contributed by atoms with Crippen molar-refractivity contribution in [2.45, 2.75) is 18.7 Å². The van der Waals surface area contributed by atoms with E-state index < -0.39 is 6.23 Å². The summed E-state index contributed by atoms with van der Waals surface area (Å²) < 4.78 is 8.19. The first-order valence-electron chi connectivity index (χ1n) is 9.06. The predicted octanol–water partition coefficient (Wildman–Crippen LogP) is 6.81. The van der Waals surface area contributed by atoms with E-state index in [-0.39, 0.29) is 11.8 Å². The lowest BCUT2D eigenvalue weighted by molar-refractivity contribution is -0.0203. The SMILES string of the molecule is Oc1ccc(Br)cc1C1Oc2ccc(Cl)cc2C2CC(c3ccc(Br)cc3)=NN21. The number of hydrazone groups is 1. The summed E-state index contributed by atoms with van der Waals surface area (Å²) in [7, 11) is 0. The third kappa shape index (κ3) is 3.43. The van der Waals surface area contributed by atoms with E-state index in [9.17, 15) is 5.11 Å². The third-order valence-corrected chi connectivity index (χ3v) is 6.44. The molecule has 2 aliphatic rings. The van der Waals surface area contributed by atoms with Gasteiger partial charge in [-0.2, -0.15) is 5.10 Å². The second-order valence-electron chi connectivity index (χ2n) is 7.01. The van der Waals surface area contributed by atoms with Crippen LogP contribution in [0.2, 0.25) is 5.02 Å². The average molecular weight is 535 g/mol. The van der Waals surface area contributed by atoms with Gasteiger partial charge < -0.3 is 9.84 Å². The lowest BCUT2D eigenvalue weighted by Crippen LogP contribution is -2.33. The second kappa shape index (κ2) is 7.35. The number of phenolic OH excluding ortho intramolecular Hbond substituents is 1. The summed E-state index contributed by atoms with van der Waals surface area (Å²) in [6.45, 7) is 0. The Kier molecular flexibility index (Phi) is 4.81. The van der Waals surface area contributed by atoms with Crippen LogP contribution in [0, 0.1) is 0 Å². The number of nitrogens with zero attached hydrogens (tertiary/aromatic N) is 2. The van der Waals surface area contributed by atoms with Gasteiger partial charge >= 0.3 is 0 Å². The molecule has 5 rings (SSSR count). The largest absolute Gasteiger partial charge is 0.507 e. The highest BCUT2D eigenvalue weighted by Gasteiger charge is 2.42. The molecule has 2 unspecified atom stereocenters. The van der Waals surface area contributed by atoms with E-state index in [4.69, 9.17) is 21.4 Å². The molecular weight excluding hydrogens is 520 g/mol. The van der Waals surface area contributed by atoms with Gasteiger partial charge in [0, 0.05) is 26.0 Å². The van der Waals surface area contributed by atoms with E-state index in [1.54, 1.807) is 12.1 Å². The van der Waals surface area contributed by atoms with Crippen LogP contribution in [0.5, 0.6) is 11.5 Å². The number of rotatable bonds is 2. The summed E-state index contributed by atoms with van der Waals surface area (Å²) in [4.78, 5) is 0. The van der Waals surface area contributed by atoms with Gasteiger partial charge in [-0.1, -0.05) is 55.6 Å². The lowest BCUT2D eigenvalue weighted by Gasteiger charge is -2.38. The molecule has 0 aromatic heterocycles. The van der Waals surface area contributed by atoms with Crippen LogP contribution < -0.4 is 4.74 Å². The first-order valence-corrected chi connectivity index (χ1v) is 11.0. The molecule has 0 amide bonds. The van der Waals surface area contributed by atoms with E-state index in [1.165, 1.54) is 0 Å². The van der Waals surface area contributed by atoms with Crippen molar-refractivity contribution in [1.29, 1.82) is 0 Å². The molecule has 0 radical (unpaired) electrons. The van der Waals surface area contributed by atoms with Gasteiger partial charge in [-0.15, -0.1) is 0 Å².